The Hall–Kier alpha value is -2.11. The molecule has 0 atom stereocenters. The molecule has 6 nitrogen and oxygen atoms in total. The normalized spacial score (nSPS) is 16.4. The molecule has 1 amide bonds. The van der Waals surface area contributed by atoms with Gasteiger partial charge in [-0.2, -0.15) is 0 Å². The minimum atomic E-state index is -1.21. The van der Waals surface area contributed by atoms with Gasteiger partial charge < -0.3 is 15.4 Å². The zero-order valence-corrected chi connectivity index (χ0v) is 11.8. The Bertz CT molecular complexity index is 641. The Labute approximate surface area is 116 Å². The van der Waals surface area contributed by atoms with Crippen LogP contribution in [0.4, 0.5) is 0 Å². The number of rotatable bonds is 3. The second-order valence-corrected chi connectivity index (χ2v) is 5.40. The largest absolute Gasteiger partial charge is 0.480 e. The first-order chi connectivity index (χ1) is 9.28. The molecule has 1 aliphatic rings. The summed E-state index contributed by atoms with van der Waals surface area (Å²) in [7, 11) is 0. The van der Waals surface area contributed by atoms with E-state index in [2.05, 4.69) is 10.3 Å². The van der Waals surface area contributed by atoms with Gasteiger partial charge in [0.1, 0.15) is 11.1 Å². The number of hydrogen-bond acceptors (Lipinski definition) is 3. The predicted octanol–water partition coefficient (Wildman–Crippen LogP) is 1.04. The zero-order chi connectivity index (χ0) is 15.1. The fraction of sp³-hybridized carbons (Fsp3) is 0.500. The Kier molecular flexibility index (Phi) is 3.41. The number of aliphatic carboxylic acids is 1. The lowest BCUT2D eigenvalue weighted by molar-refractivity contribution is -0.148. The van der Waals surface area contributed by atoms with Crippen molar-refractivity contribution >= 4 is 11.9 Å². The number of carboxylic acid groups (broad SMARTS) is 1. The van der Waals surface area contributed by atoms with Crippen LogP contribution in [0.5, 0.6) is 0 Å². The van der Waals surface area contributed by atoms with Crippen molar-refractivity contribution in [2.75, 3.05) is 0 Å². The Morgan fingerprint density at radius 2 is 1.80 bits per heavy atom. The topological polar surface area (TPSA) is 99.3 Å². The summed E-state index contributed by atoms with van der Waals surface area (Å²) < 4.78 is 0. The first-order valence-electron chi connectivity index (χ1n) is 6.54. The molecular weight excluding hydrogens is 260 g/mol. The molecule has 1 saturated carbocycles. The number of nitrogens with one attached hydrogen (secondary N) is 2. The molecule has 108 valence electrons. The van der Waals surface area contributed by atoms with Gasteiger partial charge in [-0.3, -0.25) is 9.59 Å². The lowest BCUT2D eigenvalue weighted by Gasteiger charge is -2.38. The Balaban J connectivity index is 2.38. The number of H-pyrrole nitrogens is 1. The number of carbonyl (C=O) groups excluding carboxylic acids is 1. The van der Waals surface area contributed by atoms with Gasteiger partial charge in [0.15, 0.2) is 0 Å². The van der Waals surface area contributed by atoms with Crippen LogP contribution in [0, 0.1) is 20.8 Å². The third kappa shape index (κ3) is 2.11. The fourth-order valence-corrected chi connectivity index (χ4v) is 2.44. The average Bonchev–Trinajstić information content (AvgIpc) is 2.30. The summed E-state index contributed by atoms with van der Waals surface area (Å²) >= 11 is 0. The number of hydrogen-bond donors (Lipinski definition) is 3. The molecule has 20 heavy (non-hydrogen) atoms. The molecule has 2 rings (SSSR count). The van der Waals surface area contributed by atoms with Crippen LogP contribution in [0.1, 0.15) is 46.4 Å². The van der Waals surface area contributed by atoms with E-state index in [4.69, 9.17) is 0 Å². The molecular formula is C14H18N2O4. The van der Waals surface area contributed by atoms with Crippen molar-refractivity contribution in [2.24, 2.45) is 0 Å². The van der Waals surface area contributed by atoms with E-state index in [1.165, 1.54) is 0 Å². The van der Waals surface area contributed by atoms with Gasteiger partial charge in [-0.05, 0) is 51.2 Å². The molecule has 0 unspecified atom stereocenters. The van der Waals surface area contributed by atoms with Crippen LogP contribution in [0.25, 0.3) is 0 Å². The van der Waals surface area contributed by atoms with Crippen molar-refractivity contribution in [2.45, 2.75) is 45.6 Å². The number of pyridine rings is 1. The quantitative estimate of drug-likeness (QED) is 0.769. The standard InChI is InChI=1S/C14H18N2O4/c1-7-8(2)10(11(17)15-9(7)3)12(18)16-14(13(19)20)5-4-6-14/h4-6H2,1-3H3,(H,15,17)(H,16,18)(H,19,20). The highest BCUT2D eigenvalue weighted by Gasteiger charge is 2.46. The summed E-state index contributed by atoms with van der Waals surface area (Å²) in [5.41, 5.74) is 0.426. The molecule has 3 N–H and O–H groups in total. The second-order valence-electron chi connectivity index (χ2n) is 5.40. The Morgan fingerprint density at radius 1 is 1.20 bits per heavy atom. The highest BCUT2D eigenvalue weighted by molar-refractivity contribution is 5.99. The molecule has 0 saturated heterocycles. The molecule has 1 aromatic heterocycles. The molecule has 0 spiro atoms. The first kappa shape index (κ1) is 14.3. The van der Waals surface area contributed by atoms with Crippen LogP contribution in [0.3, 0.4) is 0 Å². The number of carboxylic acids is 1. The monoisotopic (exact) mass is 278 g/mol. The highest BCUT2D eigenvalue weighted by atomic mass is 16.4. The molecule has 0 aromatic carbocycles. The lowest BCUT2D eigenvalue weighted by atomic mass is 9.76. The van der Waals surface area contributed by atoms with E-state index in [1.807, 2.05) is 6.92 Å². The van der Waals surface area contributed by atoms with E-state index in [-0.39, 0.29) is 5.56 Å². The first-order valence-corrected chi connectivity index (χ1v) is 6.54. The molecule has 0 radical (unpaired) electrons. The van der Waals surface area contributed by atoms with Crippen molar-refractivity contribution in [1.29, 1.82) is 0 Å². The SMILES string of the molecule is Cc1[nH]c(=O)c(C(=O)NC2(C(=O)O)CCC2)c(C)c1C. The molecule has 1 aliphatic carbocycles. The van der Waals surface area contributed by atoms with Crippen LogP contribution >= 0.6 is 0 Å². The number of aryl methyl sites for hydroxylation is 1. The summed E-state index contributed by atoms with van der Waals surface area (Å²) in [6.07, 6.45) is 1.56. The van der Waals surface area contributed by atoms with E-state index in [1.54, 1.807) is 13.8 Å². The predicted molar refractivity (Wildman–Crippen MR) is 73.0 cm³/mol. The van der Waals surface area contributed by atoms with Crippen molar-refractivity contribution in [3.8, 4) is 0 Å². The van der Waals surface area contributed by atoms with E-state index in [0.717, 1.165) is 12.0 Å². The van der Waals surface area contributed by atoms with Gasteiger partial charge in [0.2, 0.25) is 0 Å². The summed E-state index contributed by atoms with van der Waals surface area (Å²) in [6, 6.07) is 0. The maximum absolute atomic E-state index is 12.3. The molecule has 1 aromatic rings. The molecule has 0 bridgehead atoms. The maximum Gasteiger partial charge on any atom is 0.329 e. The van der Waals surface area contributed by atoms with Gasteiger partial charge in [0, 0.05) is 5.69 Å². The number of amides is 1. The van der Waals surface area contributed by atoms with Crippen LogP contribution in [0.2, 0.25) is 0 Å². The van der Waals surface area contributed by atoms with Gasteiger partial charge in [0.05, 0.1) is 0 Å². The fourth-order valence-electron chi connectivity index (χ4n) is 2.44. The number of aromatic nitrogens is 1. The van der Waals surface area contributed by atoms with Gasteiger partial charge in [-0.1, -0.05) is 0 Å². The molecule has 6 heteroatoms. The van der Waals surface area contributed by atoms with Crippen molar-refractivity contribution in [1.82, 2.24) is 10.3 Å². The Morgan fingerprint density at radius 3 is 2.25 bits per heavy atom. The van der Waals surface area contributed by atoms with E-state index in [9.17, 15) is 19.5 Å². The van der Waals surface area contributed by atoms with Crippen LogP contribution < -0.4 is 10.9 Å². The van der Waals surface area contributed by atoms with Crippen molar-refractivity contribution in [3.63, 3.8) is 0 Å². The second kappa shape index (κ2) is 4.77. The van der Waals surface area contributed by atoms with E-state index >= 15 is 0 Å². The summed E-state index contributed by atoms with van der Waals surface area (Å²) in [5, 5.41) is 11.7. The average molecular weight is 278 g/mol. The van der Waals surface area contributed by atoms with Gasteiger partial charge in [-0.15, -0.1) is 0 Å². The summed E-state index contributed by atoms with van der Waals surface area (Å²) in [4.78, 5) is 38.1. The summed E-state index contributed by atoms with van der Waals surface area (Å²) in [5.74, 6) is -1.66. The molecule has 1 heterocycles. The number of carbonyl (C=O) groups is 2. The zero-order valence-electron chi connectivity index (χ0n) is 11.8. The third-order valence-electron chi connectivity index (χ3n) is 4.22. The maximum atomic E-state index is 12.3. The molecule has 0 aliphatic heterocycles. The highest BCUT2D eigenvalue weighted by Crippen LogP contribution is 2.32. The van der Waals surface area contributed by atoms with Gasteiger partial charge in [0.25, 0.3) is 11.5 Å². The van der Waals surface area contributed by atoms with Gasteiger partial charge >= 0.3 is 5.97 Å². The van der Waals surface area contributed by atoms with E-state index < -0.39 is 23.0 Å². The minimum absolute atomic E-state index is 0.000579. The van der Waals surface area contributed by atoms with Gasteiger partial charge in [-0.25, -0.2) is 4.79 Å². The van der Waals surface area contributed by atoms with Crippen molar-refractivity contribution < 1.29 is 14.7 Å². The summed E-state index contributed by atoms with van der Waals surface area (Å²) in [6.45, 7) is 5.27. The van der Waals surface area contributed by atoms with Crippen molar-refractivity contribution in [3.05, 3.63) is 32.7 Å². The van der Waals surface area contributed by atoms with Crippen LogP contribution in [0.15, 0.2) is 4.79 Å². The molecule has 1 fully saturated rings. The van der Waals surface area contributed by atoms with E-state index in [0.29, 0.717) is 24.1 Å². The van der Waals surface area contributed by atoms with Crippen LogP contribution in [-0.4, -0.2) is 27.5 Å². The number of aromatic amines is 1. The third-order valence-corrected chi connectivity index (χ3v) is 4.22. The minimum Gasteiger partial charge on any atom is -0.480 e. The lowest BCUT2D eigenvalue weighted by Crippen LogP contribution is -2.59. The smallest absolute Gasteiger partial charge is 0.329 e. The van der Waals surface area contributed by atoms with Crippen LogP contribution in [-0.2, 0) is 4.79 Å².